The quantitative estimate of drug-likeness (QED) is 0.373. The third-order valence-corrected chi connectivity index (χ3v) is 6.13. The summed E-state index contributed by atoms with van der Waals surface area (Å²) in [5.41, 5.74) is 2.21. The number of nitrogens with zero attached hydrogens (tertiary/aromatic N) is 5. The first-order chi connectivity index (χ1) is 16.5. The number of hydrogen-bond donors (Lipinski definition) is 0. The van der Waals surface area contributed by atoms with Gasteiger partial charge in [-0.15, -0.1) is 0 Å². The van der Waals surface area contributed by atoms with Gasteiger partial charge >= 0.3 is 5.69 Å². The molecule has 5 aromatic rings. The Balaban J connectivity index is 1.89. The van der Waals surface area contributed by atoms with Gasteiger partial charge in [-0.3, -0.25) is 22.9 Å². The summed E-state index contributed by atoms with van der Waals surface area (Å²) in [6, 6.07) is 15.2. The van der Waals surface area contributed by atoms with Gasteiger partial charge in [-0.25, -0.2) is 4.79 Å². The van der Waals surface area contributed by atoms with Gasteiger partial charge in [0, 0.05) is 25.9 Å². The van der Waals surface area contributed by atoms with Crippen LogP contribution >= 0.6 is 11.6 Å². The van der Waals surface area contributed by atoms with Crippen LogP contribution in [0.1, 0.15) is 0 Å². The molecule has 0 fully saturated rings. The van der Waals surface area contributed by atoms with E-state index in [4.69, 9.17) is 26.1 Å². The molecule has 3 aromatic heterocycles. The lowest BCUT2D eigenvalue weighted by Gasteiger charge is -2.11. The maximum absolute atomic E-state index is 13.4. The van der Waals surface area contributed by atoms with E-state index in [1.807, 2.05) is 47.2 Å². The molecule has 174 valence electrons. The summed E-state index contributed by atoms with van der Waals surface area (Å²) in [4.78, 5) is 31.0. The Labute approximate surface area is 199 Å². The molecule has 10 heteroatoms. The van der Waals surface area contributed by atoms with Crippen molar-refractivity contribution in [2.24, 2.45) is 7.05 Å². The minimum Gasteiger partial charge on any atom is -0.495 e. The summed E-state index contributed by atoms with van der Waals surface area (Å²) in [5, 5.41) is 0.441. The Hall–Kier alpha value is -3.82. The molecule has 34 heavy (non-hydrogen) atoms. The molecule has 3 heterocycles. The molecule has 9 nitrogen and oxygen atoms in total. The zero-order valence-electron chi connectivity index (χ0n) is 18.9. The molecule has 0 unspecified atom stereocenters. The van der Waals surface area contributed by atoms with Crippen molar-refractivity contribution in [1.82, 2.24) is 23.1 Å². The molecule has 2 aromatic carbocycles. The van der Waals surface area contributed by atoms with Crippen molar-refractivity contribution in [2.45, 2.75) is 6.54 Å². The average Bonchev–Trinajstić information content (AvgIpc) is 3.40. The second-order valence-electron chi connectivity index (χ2n) is 7.78. The van der Waals surface area contributed by atoms with Crippen molar-refractivity contribution >= 4 is 28.5 Å². The van der Waals surface area contributed by atoms with Gasteiger partial charge in [0.15, 0.2) is 11.2 Å². The maximum Gasteiger partial charge on any atom is 0.332 e. The van der Waals surface area contributed by atoms with E-state index in [0.717, 1.165) is 16.9 Å². The van der Waals surface area contributed by atoms with Gasteiger partial charge < -0.3 is 9.47 Å². The first-order valence-electron chi connectivity index (χ1n) is 10.6. The van der Waals surface area contributed by atoms with Crippen molar-refractivity contribution in [3.05, 3.63) is 80.6 Å². The van der Waals surface area contributed by atoms with E-state index in [2.05, 4.69) is 0 Å². The van der Waals surface area contributed by atoms with Gasteiger partial charge in [0.05, 0.1) is 36.7 Å². The third-order valence-electron chi connectivity index (χ3n) is 5.83. The second kappa shape index (κ2) is 8.51. The van der Waals surface area contributed by atoms with E-state index < -0.39 is 11.2 Å². The number of hydrogen-bond acceptors (Lipinski definition) is 5. The van der Waals surface area contributed by atoms with E-state index in [9.17, 15) is 9.59 Å². The van der Waals surface area contributed by atoms with Crippen molar-refractivity contribution in [3.8, 4) is 22.7 Å². The number of rotatable bonds is 6. The second-order valence-corrected chi connectivity index (χ2v) is 8.19. The van der Waals surface area contributed by atoms with Crippen LogP contribution in [0.15, 0.2) is 64.3 Å². The lowest BCUT2D eigenvalue weighted by Crippen LogP contribution is -2.40. The molecule has 0 aliphatic carbocycles. The van der Waals surface area contributed by atoms with Gasteiger partial charge in [0.2, 0.25) is 5.78 Å². The van der Waals surface area contributed by atoms with Gasteiger partial charge in [-0.05, 0) is 18.2 Å². The fourth-order valence-corrected chi connectivity index (χ4v) is 4.39. The van der Waals surface area contributed by atoms with E-state index in [1.54, 1.807) is 30.7 Å². The zero-order valence-corrected chi connectivity index (χ0v) is 19.6. The minimum absolute atomic E-state index is 0.144. The summed E-state index contributed by atoms with van der Waals surface area (Å²) < 4.78 is 16.6. The Morgan fingerprint density at radius 3 is 2.50 bits per heavy atom. The molecule has 0 saturated carbocycles. The Bertz CT molecular complexity index is 1650. The van der Waals surface area contributed by atoms with E-state index in [-0.39, 0.29) is 13.2 Å². The summed E-state index contributed by atoms with van der Waals surface area (Å²) in [6.45, 7) is 0.384. The minimum atomic E-state index is -0.447. The van der Waals surface area contributed by atoms with Crippen LogP contribution in [0, 0.1) is 0 Å². The Morgan fingerprint density at radius 2 is 1.82 bits per heavy atom. The standard InChI is InChI=1S/C24H22ClN5O4/c1-27-21-20(22(31)28(24(27)32)11-12-33-2)29-14-18(15-7-5-4-6-8-15)30(23(29)26-21)16-9-10-19(34-3)17(25)13-16/h4-10,13-14H,11-12H2,1-3H3. The number of aromatic nitrogens is 5. The normalized spacial score (nSPS) is 11.5. The summed E-state index contributed by atoms with van der Waals surface area (Å²) >= 11 is 6.44. The van der Waals surface area contributed by atoms with Gasteiger partial charge in [0.1, 0.15) is 5.75 Å². The van der Waals surface area contributed by atoms with Crippen LogP contribution in [0.3, 0.4) is 0 Å². The Morgan fingerprint density at radius 1 is 1.06 bits per heavy atom. The number of imidazole rings is 2. The monoisotopic (exact) mass is 479 g/mol. The van der Waals surface area contributed by atoms with Crippen LogP contribution in [-0.2, 0) is 18.3 Å². The largest absolute Gasteiger partial charge is 0.495 e. The van der Waals surface area contributed by atoms with Crippen LogP contribution in [-0.4, -0.2) is 43.9 Å². The fourth-order valence-electron chi connectivity index (χ4n) is 4.14. The number of ether oxygens (including phenoxy) is 2. The lowest BCUT2D eigenvalue weighted by atomic mass is 10.1. The summed E-state index contributed by atoms with van der Waals surface area (Å²) in [5.74, 6) is 1.03. The molecule has 0 amide bonds. The number of halogens is 1. The predicted octanol–water partition coefficient (Wildman–Crippen LogP) is 3.11. The number of methoxy groups -OCH3 is 2. The molecular weight excluding hydrogens is 458 g/mol. The van der Waals surface area contributed by atoms with E-state index in [1.165, 1.54) is 16.2 Å². The van der Waals surface area contributed by atoms with Crippen molar-refractivity contribution in [1.29, 1.82) is 0 Å². The molecule has 0 aliphatic rings. The molecule has 0 aliphatic heterocycles. The highest BCUT2D eigenvalue weighted by molar-refractivity contribution is 6.32. The van der Waals surface area contributed by atoms with E-state index in [0.29, 0.717) is 27.7 Å². The number of fused-ring (bicyclic) bond motifs is 3. The first-order valence-corrected chi connectivity index (χ1v) is 11.0. The van der Waals surface area contributed by atoms with Crippen LogP contribution in [0.25, 0.3) is 33.9 Å². The zero-order chi connectivity index (χ0) is 24.0. The van der Waals surface area contributed by atoms with Crippen molar-refractivity contribution in [2.75, 3.05) is 20.8 Å². The predicted molar refractivity (Wildman–Crippen MR) is 130 cm³/mol. The van der Waals surface area contributed by atoms with Gasteiger partial charge in [-0.1, -0.05) is 41.9 Å². The molecule has 0 spiro atoms. The molecule has 0 N–H and O–H groups in total. The van der Waals surface area contributed by atoms with E-state index >= 15 is 0 Å². The first kappa shape index (κ1) is 22.0. The van der Waals surface area contributed by atoms with Crippen LogP contribution in [0.5, 0.6) is 5.75 Å². The highest BCUT2D eigenvalue weighted by Crippen LogP contribution is 2.32. The van der Waals surface area contributed by atoms with Crippen molar-refractivity contribution in [3.63, 3.8) is 0 Å². The molecule has 0 saturated heterocycles. The SMILES string of the molecule is COCCn1c(=O)c2c(nc3n(-c4ccc(OC)c(Cl)c4)c(-c4ccccc4)cn23)n(C)c1=O. The topological polar surface area (TPSA) is 84.7 Å². The molecule has 0 radical (unpaired) electrons. The molecular formula is C24H22ClN5O4. The Kier molecular flexibility index (Phi) is 5.51. The highest BCUT2D eigenvalue weighted by atomic mass is 35.5. The molecule has 0 bridgehead atoms. The number of benzene rings is 2. The average molecular weight is 480 g/mol. The molecule has 0 atom stereocenters. The van der Waals surface area contributed by atoms with Crippen LogP contribution in [0.2, 0.25) is 5.02 Å². The summed E-state index contributed by atoms with van der Waals surface area (Å²) in [7, 11) is 4.68. The van der Waals surface area contributed by atoms with Gasteiger partial charge in [0.25, 0.3) is 5.56 Å². The van der Waals surface area contributed by atoms with Crippen molar-refractivity contribution < 1.29 is 9.47 Å². The van der Waals surface area contributed by atoms with Gasteiger partial charge in [-0.2, -0.15) is 4.98 Å². The van der Waals surface area contributed by atoms with Crippen LogP contribution < -0.4 is 16.0 Å². The molecule has 5 rings (SSSR count). The highest BCUT2D eigenvalue weighted by Gasteiger charge is 2.22. The third kappa shape index (κ3) is 3.32. The fraction of sp³-hybridized carbons (Fsp3) is 0.208. The lowest BCUT2D eigenvalue weighted by molar-refractivity contribution is 0.184. The smallest absolute Gasteiger partial charge is 0.332 e. The van der Waals surface area contributed by atoms with Crippen LogP contribution in [0.4, 0.5) is 0 Å². The maximum atomic E-state index is 13.4. The summed E-state index contributed by atoms with van der Waals surface area (Å²) in [6.07, 6.45) is 1.85. The number of aryl methyl sites for hydroxylation is 1.